The maximum atomic E-state index is 10.6. The van der Waals surface area contributed by atoms with E-state index in [0.29, 0.717) is 5.69 Å². The van der Waals surface area contributed by atoms with Crippen LogP contribution >= 0.6 is 0 Å². The molecule has 1 N–H and O–H groups in total. The first-order chi connectivity index (χ1) is 8.04. The van der Waals surface area contributed by atoms with Crippen LogP contribution < -0.4 is 35.0 Å². The zero-order valence-electron chi connectivity index (χ0n) is 9.56. The Morgan fingerprint density at radius 3 is 2.33 bits per heavy atom. The summed E-state index contributed by atoms with van der Waals surface area (Å²) in [4.78, 5) is 4.37. The van der Waals surface area contributed by atoms with Crippen LogP contribution in [-0.2, 0) is 15.0 Å². The van der Waals surface area contributed by atoms with Gasteiger partial charge in [0, 0.05) is 0 Å². The van der Waals surface area contributed by atoms with Gasteiger partial charge in [-0.15, -0.1) is 0 Å². The van der Waals surface area contributed by atoms with Gasteiger partial charge in [-0.2, -0.15) is 6.92 Å². The van der Waals surface area contributed by atoms with Crippen LogP contribution in [0.15, 0.2) is 29.2 Å². The Labute approximate surface area is 128 Å². The van der Waals surface area contributed by atoms with Crippen LogP contribution in [0.1, 0.15) is 0 Å². The Bertz CT molecular complexity index is 602. The van der Waals surface area contributed by atoms with E-state index >= 15 is 0 Å². The molecule has 0 atom stereocenters. The third kappa shape index (κ3) is 5.87. The Morgan fingerprint density at radius 2 is 1.83 bits per heavy atom. The molecule has 0 bridgehead atoms. The molecule has 0 aliphatic carbocycles. The van der Waals surface area contributed by atoms with Gasteiger partial charge in [0.1, 0.15) is 16.2 Å². The molecular formula is C11H7NNaO4S-. The second-order valence-electron chi connectivity index (χ2n) is 2.71. The third-order valence-corrected chi connectivity index (χ3v) is 2.41. The van der Waals surface area contributed by atoms with Crippen molar-refractivity contribution in [3.8, 4) is 23.9 Å². The van der Waals surface area contributed by atoms with Crippen molar-refractivity contribution in [1.29, 1.82) is 0 Å². The smallest absolute Gasteiger partial charge is 0.744 e. The second-order valence-corrected chi connectivity index (χ2v) is 4.09. The van der Waals surface area contributed by atoms with Crippen LogP contribution in [-0.4, -0.2) is 13.0 Å². The summed E-state index contributed by atoms with van der Waals surface area (Å²) in [5.41, 5.74) is 2.88. The Morgan fingerprint density at radius 1 is 1.22 bits per heavy atom. The Hall–Kier alpha value is -1.28. The molecule has 0 heterocycles. The van der Waals surface area contributed by atoms with Crippen LogP contribution in [0.5, 0.6) is 0 Å². The van der Waals surface area contributed by atoms with Gasteiger partial charge in [0.15, 0.2) is 0 Å². The van der Waals surface area contributed by atoms with E-state index in [4.69, 9.17) is 0 Å². The third-order valence-electron chi connectivity index (χ3n) is 1.56. The normalized spacial score (nSPS) is 8.72. The minimum absolute atomic E-state index is 0. The quantitative estimate of drug-likeness (QED) is 0.221. The molecule has 0 spiro atoms. The van der Waals surface area contributed by atoms with Crippen LogP contribution in [0.3, 0.4) is 0 Å². The molecule has 0 saturated carbocycles. The summed E-state index contributed by atoms with van der Waals surface area (Å²) >= 11 is 0. The SMILES string of the molecule is [CH2-]C#CC#CONc1ccc(S(=O)(=O)[O-])cc1.[Na+]. The van der Waals surface area contributed by atoms with Crippen molar-refractivity contribution in [2.24, 2.45) is 0 Å². The van der Waals surface area contributed by atoms with Gasteiger partial charge >= 0.3 is 29.6 Å². The standard InChI is InChI=1S/C11H8NO4S.Na/c1-2-3-4-9-16-12-10-5-7-11(8-6-10)17(13,14)15;/h5-8,12H,1H2,(H,13,14,15);/q-1;+1/p-1. The molecular weight excluding hydrogens is 265 g/mol. The Balaban J connectivity index is 0.00000289. The average molecular weight is 272 g/mol. The maximum absolute atomic E-state index is 10.6. The predicted octanol–water partition coefficient (Wildman–Crippen LogP) is -2.26. The molecule has 1 aromatic rings. The van der Waals surface area contributed by atoms with Crippen LogP contribution in [0.4, 0.5) is 5.69 Å². The molecule has 0 aliphatic rings. The number of hydrogen-bond donors (Lipinski definition) is 1. The first kappa shape index (κ1) is 16.7. The number of hydrogen-bond acceptors (Lipinski definition) is 5. The molecule has 0 aromatic heterocycles. The predicted molar refractivity (Wildman–Crippen MR) is 60.0 cm³/mol. The van der Waals surface area contributed by atoms with E-state index < -0.39 is 10.1 Å². The monoisotopic (exact) mass is 272 g/mol. The molecule has 5 nitrogen and oxygen atoms in total. The Kier molecular flexibility index (Phi) is 7.37. The van der Waals surface area contributed by atoms with Crippen LogP contribution in [0, 0.1) is 30.8 Å². The molecule has 18 heavy (non-hydrogen) atoms. The number of benzene rings is 1. The van der Waals surface area contributed by atoms with Crippen LogP contribution in [0.25, 0.3) is 0 Å². The number of anilines is 1. The average Bonchev–Trinajstić information content (AvgIpc) is 2.28. The second kappa shape index (κ2) is 7.93. The number of nitrogens with one attached hydrogen (secondary N) is 1. The van der Waals surface area contributed by atoms with E-state index in [1.165, 1.54) is 12.1 Å². The summed E-state index contributed by atoms with van der Waals surface area (Å²) in [5, 5.41) is 0. The van der Waals surface area contributed by atoms with E-state index in [0.717, 1.165) is 12.1 Å². The first-order valence-corrected chi connectivity index (χ1v) is 5.70. The molecule has 0 amide bonds. The topological polar surface area (TPSA) is 78.5 Å². The molecule has 7 heteroatoms. The van der Waals surface area contributed by atoms with E-state index in [1.807, 2.05) is 0 Å². The van der Waals surface area contributed by atoms with Crippen molar-refractivity contribution in [1.82, 2.24) is 0 Å². The van der Waals surface area contributed by atoms with Gasteiger partial charge in [-0.05, 0) is 24.3 Å². The first-order valence-electron chi connectivity index (χ1n) is 4.29. The van der Waals surface area contributed by atoms with Gasteiger partial charge in [0.25, 0.3) is 0 Å². The van der Waals surface area contributed by atoms with Gasteiger partial charge in [0.05, 0.1) is 10.6 Å². The van der Waals surface area contributed by atoms with Crippen molar-refractivity contribution in [2.45, 2.75) is 4.90 Å². The summed E-state index contributed by atoms with van der Waals surface area (Å²) in [6.45, 7) is 3.25. The zero-order chi connectivity index (χ0) is 12.7. The maximum Gasteiger partial charge on any atom is 1.00 e. The molecule has 0 aliphatic heterocycles. The minimum atomic E-state index is -4.42. The van der Waals surface area contributed by atoms with E-state index in [9.17, 15) is 13.0 Å². The van der Waals surface area contributed by atoms with Gasteiger partial charge in [-0.1, -0.05) is 5.92 Å². The fraction of sp³-hybridized carbons (Fsp3) is 0. The van der Waals surface area contributed by atoms with Gasteiger partial charge in [-0.25, -0.2) is 19.8 Å². The van der Waals surface area contributed by atoms with Crippen molar-refractivity contribution >= 4 is 15.8 Å². The van der Waals surface area contributed by atoms with E-state index in [1.54, 1.807) is 0 Å². The summed E-state index contributed by atoms with van der Waals surface area (Å²) in [5.74, 6) is 7.00. The zero-order valence-corrected chi connectivity index (χ0v) is 12.4. The summed E-state index contributed by atoms with van der Waals surface area (Å²) < 4.78 is 31.9. The minimum Gasteiger partial charge on any atom is -0.744 e. The van der Waals surface area contributed by atoms with Crippen molar-refractivity contribution in [2.75, 3.05) is 5.48 Å². The summed E-state index contributed by atoms with van der Waals surface area (Å²) in [7, 11) is -4.42. The van der Waals surface area contributed by atoms with E-state index in [-0.39, 0.29) is 34.5 Å². The fourth-order valence-corrected chi connectivity index (χ4v) is 1.34. The summed E-state index contributed by atoms with van der Waals surface area (Å²) in [6, 6.07) is 5.08. The summed E-state index contributed by atoms with van der Waals surface area (Å²) in [6.07, 6.45) is 2.22. The van der Waals surface area contributed by atoms with Crippen molar-refractivity contribution in [3.63, 3.8) is 0 Å². The molecule has 88 valence electrons. The molecule has 1 rings (SSSR count). The largest absolute Gasteiger partial charge is 1.00 e. The molecule has 0 fully saturated rings. The molecule has 0 radical (unpaired) electrons. The van der Waals surface area contributed by atoms with Gasteiger partial charge < -0.3 is 9.39 Å². The molecule has 0 saturated heterocycles. The van der Waals surface area contributed by atoms with Crippen LogP contribution in [0.2, 0.25) is 0 Å². The number of rotatable bonds is 3. The van der Waals surface area contributed by atoms with Crippen molar-refractivity contribution < 1.29 is 47.4 Å². The van der Waals surface area contributed by atoms with E-state index in [2.05, 4.69) is 41.1 Å². The fourth-order valence-electron chi connectivity index (χ4n) is 0.869. The van der Waals surface area contributed by atoms with Gasteiger partial charge in [0.2, 0.25) is 0 Å². The van der Waals surface area contributed by atoms with Crippen molar-refractivity contribution in [3.05, 3.63) is 31.2 Å². The molecule has 0 unspecified atom stereocenters. The molecule has 1 aromatic carbocycles. The van der Waals surface area contributed by atoms with Gasteiger partial charge in [-0.3, -0.25) is 5.92 Å².